The third-order valence-corrected chi connectivity index (χ3v) is 3.89. The van der Waals surface area contributed by atoms with Gasteiger partial charge in [-0.25, -0.2) is 4.39 Å². The Morgan fingerprint density at radius 3 is 2.86 bits per heavy atom. The molecule has 2 atom stereocenters. The minimum Gasteiger partial charge on any atom is -0.494 e. The van der Waals surface area contributed by atoms with Crippen molar-refractivity contribution in [3.8, 4) is 11.5 Å². The molecular formula is C17H17FO3. The summed E-state index contributed by atoms with van der Waals surface area (Å²) in [5.74, 6) is 0.295. The molecule has 1 N–H and O–H groups in total. The van der Waals surface area contributed by atoms with Crippen molar-refractivity contribution in [2.75, 3.05) is 13.7 Å². The molecule has 2 aromatic carbocycles. The van der Waals surface area contributed by atoms with Crippen LogP contribution < -0.4 is 9.47 Å². The molecule has 1 aliphatic heterocycles. The monoisotopic (exact) mass is 288 g/mol. The van der Waals surface area contributed by atoms with Gasteiger partial charge in [0.15, 0.2) is 11.6 Å². The van der Waals surface area contributed by atoms with E-state index in [1.165, 1.54) is 13.2 Å². The number of hydrogen-bond acceptors (Lipinski definition) is 3. The highest BCUT2D eigenvalue weighted by atomic mass is 19.1. The van der Waals surface area contributed by atoms with Crippen LogP contribution in [0, 0.1) is 11.7 Å². The molecule has 0 radical (unpaired) electrons. The highest BCUT2D eigenvalue weighted by molar-refractivity contribution is 5.37. The number of halogens is 1. The zero-order valence-electron chi connectivity index (χ0n) is 11.8. The third kappa shape index (κ3) is 2.59. The van der Waals surface area contributed by atoms with E-state index in [2.05, 4.69) is 0 Å². The van der Waals surface area contributed by atoms with E-state index in [1.54, 1.807) is 12.1 Å². The second-order valence-electron chi connectivity index (χ2n) is 5.19. The fourth-order valence-corrected chi connectivity index (χ4v) is 2.72. The van der Waals surface area contributed by atoms with Gasteiger partial charge < -0.3 is 14.6 Å². The first-order chi connectivity index (χ1) is 10.2. The standard InChI is InChI=1S/C17H17FO3/c1-20-15-8-4-6-13(16(15)18)17(19)12-9-11-5-2-3-7-14(11)21-10-12/h2-8,12,17,19H,9-10H2,1H3. The van der Waals surface area contributed by atoms with Crippen molar-refractivity contribution in [1.82, 2.24) is 0 Å². The summed E-state index contributed by atoms with van der Waals surface area (Å²) < 4.78 is 24.9. The average molecular weight is 288 g/mol. The van der Waals surface area contributed by atoms with Crippen LogP contribution in [0.4, 0.5) is 4.39 Å². The molecule has 2 aromatic rings. The maximum absolute atomic E-state index is 14.2. The molecule has 4 heteroatoms. The summed E-state index contributed by atoms with van der Waals surface area (Å²) in [6.07, 6.45) is -0.262. The van der Waals surface area contributed by atoms with E-state index in [9.17, 15) is 9.50 Å². The second-order valence-corrected chi connectivity index (χ2v) is 5.19. The molecule has 0 bridgehead atoms. The largest absolute Gasteiger partial charge is 0.494 e. The summed E-state index contributed by atoms with van der Waals surface area (Å²) in [5, 5.41) is 10.5. The van der Waals surface area contributed by atoms with Crippen molar-refractivity contribution >= 4 is 0 Å². The smallest absolute Gasteiger partial charge is 0.170 e. The van der Waals surface area contributed by atoms with Gasteiger partial charge in [-0.3, -0.25) is 0 Å². The number of aliphatic hydroxyl groups excluding tert-OH is 1. The lowest BCUT2D eigenvalue weighted by Crippen LogP contribution is -2.27. The molecule has 0 aliphatic carbocycles. The molecule has 1 heterocycles. The number of benzene rings is 2. The first-order valence-corrected chi connectivity index (χ1v) is 6.92. The van der Waals surface area contributed by atoms with E-state index in [-0.39, 0.29) is 17.2 Å². The maximum Gasteiger partial charge on any atom is 0.170 e. The Labute approximate surface area is 122 Å². The molecule has 0 saturated carbocycles. The zero-order chi connectivity index (χ0) is 14.8. The Balaban J connectivity index is 1.85. The third-order valence-electron chi connectivity index (χ3n) is 3.89. The highest BCUT2D eigenvalue weighted by Gasteiger charge is 2.29. The zero-order valence-corrected chi connectivity index (χ0v) is 11.8. The molecule has 0 amide bonds. The predicted octanol–water partition coefficient (Wildman–Crippen LogP) is 3.12. The van der Waals surface area contributed by atoms with Gasteiger partial charge in [-0.1, -0.05) is 30.3 Å². The average Bonchev–Trinajstić information content (AvgIpc) is 2.54. The van der Waals surface area contributed by atoms with Gasteiger partial charge in [-0.05, 0) is 24.1 Å². The molecule has 3 rings (SSSR count). The van der Waals surface area contributed by atoms with Crippen LogP contribution >= 0.6 is 0 Å². The van der Waals surface area contributed by atoms with Crippen molar-refractivity contribution in [1.29, 1.82) is 0 Å². The lowest BCUT2D eigenvalue weighted by molar-refractivity contribution is 0.0615. The van der Waals surface area contributed by atoms with Crippen molar-refractivity contribution in [3.05, 3.63) is 59.4 Å². The van der Waals surface area contributed by atoms with Crippen LogP contribution in [0.15, 0.2) is 42.5 Å². The van der Waals surface area contributed by atoms with Crippen LogP contribution in [-0.4, -0.2) is 18.8 Å². The Morgan fingerprint density at radius 1 is 1.24 bits per heavy atom. The van der Waals surface area contributed by atoms with Crippen LogP contribution in [0.1, 0.15) is 17.2 Å². The summed E-state index contributed by atoms with van der Waals surface area (Å²) in [4.78, 5) is 0. The number of para-hydroxylation sites is 1. The molecule has 21 heavy (non-hydrogen) atoms. The minimum atomic E-state index is -0.923. The number of hydrogen-bond donors (Lipinski definition) is 1. The summed E-state index contributed by atoms with van der Waals surface area (Å²) in [6, 6.07) is 12.5. The van der Waals surface area contributed by atoms with E-state index < -0.39 is 11.9 Å². The Hall–Kier alpha value is -2.07. The number of ether oxygens (including phenoxy) is 2. The van der Waals surface area contributed by atoms with Gasteiger partial charge in [-0.2, -0.15) is 0 Å². The first-order valence-electron chi connectivity index (χ1n) is 6.92. The first kappa shape index (κ1) is 13.9. The number of rotatable bonds is 3. The minimum absolute atomic E-state index is 0.142. The fourth-order valence-electron chi connectivity index (χ4n) is 2.72. The Kier molecular flexibility index (Phi) is 3.80. The SMILES string of the molecule is COc1cccc(C(O)C2COc3ccccc3C2)c1F. The summed E-state index contributed by atoms with van der Waals surface area (Å²) in [5.41, 5.74) is 1.29. The van der Waals surface area contributed by atoms with Gasteiger partial charge >= 0.3 is 0 Å². The van der Waals surface area contributed by atoms with Crippen molar-refractivity contribution < 1.29 is 19.0 Å². The van der Waals surface area contributed by atoms with Gasteiger partial charge in [0.2, 0.25) is 0 Å². The van der Waals surface area contributed by atoms with E-state index >= 15 is 0 Å². The quantitative estimate of drug-likeness (QED) is 0.943. The lowest BCUT2D eigenvalue weighted by atomic mass is 9.88. The number of fused-ring (bicyclic) bond motifs is 1. The topological polar surface area (TPSA) is 38.7 Å². The van der Waals surface area contributed by atoms with E-state index in [0.29, 0.717) is 13.0 Å². The fraction of sp³-hybridized carbons (Fsp3) is 0.294. The number of methoxy groups -OCH3 is 1. The van der Waals surface area contributed by atoms with Gasteiger partial charge in [0, 0.05) is 11.5 Å². The van der Waals surface area contributed by atoms with Crippen molar-refractivity contribution in [2.45, 2.75) is 12.5 Å². The Bertz CT molecular complexity index is 642. The second kappa shape index (κ2) is 5.74. The predicted molar refractivity (Wildman–Crippen MR) is 77.0 cm³/mol. The van der Waals surface area contributed by atoms with Gasteiger partial charge in [0.25, 0.3) is 0 Å². The highest BCUT2D eigenvalue weighted by Crippen LogP contribution is 2.35. The van der Waals surface area contributed by atoms with Crippen LogP contribution in [0.2, 0.25) is 0 Å². The molecule has 110 valence electrons. The van der Waals surface area contributed by atoms with Crippen LogP contribution in [0.25, 0.3) is 0 Å². The van der Waals surface area contributed by atoms with Crippen LogP contribution in [-0.2, 0) is 6.42 Å². The molecule has 0 spiro atoms. The molecular weight excluding hydrogens is 271 g/mol. The van der Waals surface area contributed by atoms with Gasteiger partial charge in [0.1, 0.15) is 5.75 Å². The van der Waals surface area contributed by atoms with Crippen LogP contribution in [0.3, 0.4) is 0 Å². The number of aliphatic hydroxyl groups is 1. The molecule has 0 aromatic heterocycles. The maximum atomic E-state index is 14.2. The normalized spacial score (nSPS) is 18.5. The van der Waals surface area contributed by atoms with Gasteiger partial charge in [-0.15, -0.1) is 0 Å². The summed E-state index contributed by atoms with van der Waals surface area (Å²) in [6.45, 7) is 0.370. The van der Waals surface area contributed by atoms with E-state index in [4.69, 9.17) is 9.47 Å². The summed E-state index contributed by atoms with van der Waals surface area (Å²) >= 11 is 0. The molecule has 2 unspecified atom stereocenters. The van der Waals surface area contributed by atoms with E-state index in [1.807, 2.05) is 24.3 Å². The molecule has 0 fully saturated rings. The van der Waals surface area contributed by atoms with Crippen molar-refractivity contribution in [3.63, 3.8) is 0 Å². The summed E-state index contributed by atoms with van der Waals surface area (Å²) in [7, 11) is 1.41. The van der Waals surface area contributed by atoms with Gasteiger partial charge in [0.05, 0.1) is 19.8 Å². The molecule has 3 nitrogen and oxygen atoms in total. The lowest BCUT2D eigenvalue weighted by Gasteiger charge is -2.29. The molecule has 0 saturated heterocycles. The molecule has 1 aliphatic rings. The van der Waals surface area contributed by atoms with Crippen LogP contribution in [0.5, 0.6) is 11.5 Å². The Morgan fingerprint density at radius 2 is 2.05 bits per heavy atom. The van der Waals surface area contributed by atoms with E-state index in [0.717, 1.165) is 11.3 Å². The van der Waals surface area contributed by atoms with Crippen molar-refractivity contribution in [2.24, 2.45) is 5.92 Å².